The summed E-state index contributed by atoms with van der Waals surface area (Å²) in [5.74, 6) is -2.32. The van der Waals surface area contributed by atoms with Crippen LogP contribution in [0.15, 0.2) is 72.8 Å². The van der Waals surface area contributed by atoms with E-state index < -0.39 is 66.7 Å². The first-order valence-electron chi connectivity index (χ1n) is 21.9. The number of aliphatic carboxylic acids is 1. The van der Waals surface area contributed by atoms with E-state index in [-0.39, 0.29) is 43.0 Å². The molecule has 0 heterocycles. The van der Waals surface area contributed by atoms with Crippen LogP contribution in [0.25, 0.3) is 0 Å². The number of hydrogen-bond acceptors (Lipinski definition) is 9. The Morgan fingerprint density at radius 2 is 1.41 bits per heavy atom. The molecule has 0 aromatic heterocycles. The Morgan fingerprint density at radius 3 is 2.11 bits per heavy atom. The number of benzene rings is 3. The fourth-order valence-electron chi connectivity index (χ4n) is 9.68. The minimum Gasteiger partial charge on any atom is -0.508 e. The number of carbonyl (C=O) groups is 7. The average molecular weight is 866 g/mol. The molecule has 15 heteroatoms. The highest BCUT2D eigenvalue weighted by Gasteiger charge is 2.54. The molecule has 7 N–H and O–H groups in total. The fourth-order valence-corrected chi connectivity index (χ4v) is 9.68. The number of Topliss-reactive ketones (excluding diaryl/α,β-unsaturated/α-hetero) is 1. The van der Waals surface area contributed by atoms with Gasteiger partial charge in [0.15, 0.2) is 6.61 Å². The molecule has 3 aromatic carbocycles. The van der Waals surface area contributed by atoms with E-state index in [4.69, 9.17) is 4.74 Å². The van der Waals surface area contributed by atoms with E-state index in [2.05, 4.69) is 39.6 Å². The molecule has 0 spiro atoms. The minimum absolute atomic E-state index is 0.0199. The van der Waals surface area contributed by atoms with Crippen LogP contribution in [0.4, 0.5) is 0 Å². The minimum atomic E-state index is -1.20. The number of aryl methyl sites for hydroxylation is 1. The predicted octanol–water partition coefficient (Wildman–Crippen LogP) is 3.50. The standard InChI is InChI=1S/C48H59N5O10/c1-28(2)21-40(47(61)62)53-46(60)39(22-29-7-5-4-6-8-29)51-43(57)26-49-42(56)25-50-45(59)38(23-30-9-12-32(54)13-10-30)52-44(58)27-63-33-14-16-34-31(24-33)11-15-36-35(34)19-20-48(3)37(36)17-18-41(48)55/h4-10,12-14,16,24,28,35-40,54H,11,15,17-23,25-27H2,1-3H3,(H,49,56)(H,50,59)(H,51,57)(H,52,58)(H,53,60)(H,61,62)/t35-,36-,37+,38-,39-,40-,48+/m1/s1. The predicted molar refractivity (Wildman–Crippen MR) is 232 cm³/mol. The van der Waals surface area contributed by atoms with Crippen LogP contribution < -0.4 is 31.3 Å². The highest BCUT2D eigenvalue weighted by molar-refractivity contribution is 5.94. The molecule has 5 amide bonds. The van der Waals surface area contributed by atoms with Crippen molar-refractivity contribution >= 4 is 41.3 Å². The van der Waals surface area contributed by atoms with Crippen molar-refractivity contribution in [3.05, 3.63) is 95.1 Å². The summed E-state index contributed by atoms with van der Waals surface area (Å²) in [6.45, 7) is 4.36. The Morgan fingerprint density at radius 1 is 0.746 bits per heavy atom. The van der Waals surface area contributed by atoms with Crippen LogP contribution >= 0.6 is 0 Å². The number of phenolic OH excluding ortho intramolecular Hbond substituents is 1. The maximum atomic E-state index is 13.5. The number of fused-ring (bicyclic) bond motifs is 5. The van der Waals surface area contributed by atoms with Crippen molar-refractivity contribution in [2.45, 2.75) is 103 Å². The molecule has 3 aromatic rings. The number of ether oxygens (including phenoxy) is 1. The van der Waals surface area contributed by atoms with Crippen LogP contribution in [0.1, 0.15) is 87.5 Å². The molecule has 0 aliphatic heterocycles. The first-order valence-corrected chi connectivity index (χ1v) is 21.9. The van der Waals surface area contributed by atoms with Crippen LogP contribution in [0, 0.1) is 23.2 Å². The topological polar surface area (TPSA) is 229 Å². The number of phenols is 1. The summed E-state index contributed by atoms with van der Waals surface area (Å²) in [5.41, 5.74) is 3.63. The van der Waals surface area contributed by atoms with Gasteiger partial charge in [0.05, 0.1) is 13.1 Å². The largest absolute Gasteiger partial charge is 0.508 e. The lowest BCUT2D eigenvalue weighted by molar-refractivity contribution is -0.142. The second-order valence-corrected chi connectivity index (χ2v) is 17.8. The molecule has 63 heavy (non-hydrogen) atoms. The number of amides is 5. The molecule has 0 bridgehead atoms. The lowest BCUT2D eigenvalue weighted by atomic mass is 9.55. The van der Waals surface area contributed by atoms with Gasteiger partial charge in [0.25, 0.3) is 5.91 Å². The summed E-state index contributed by atoms with van der Waals surface area (Å²) in [4.78, 5) is 90.4. The number of nitrogens with one attached hydrogen (secondary N) is 5. The van der Waals surface area contributed by atoms with Crippen molar-refractivity contribution in [1.82, 2.24) is 26.6 Å². The Labute approximate surface area is 367 Å². The van der Waals surface area contributed by atoms with E-state index in [1.54, 1.807) is 42.5 Å². The van der Waals surface area contributed by atoms with Crippen LogP contribution in [0.3, 0.4) is 0 Å². The van der Waals surface area contributed by atoms with Crippen LogP contribution in [0.2, 0.25) is 0 Å². The quantitative estimate of drug-likeness (QED) is 0.0928. The van der Waals surface area contributed by atoms with Gasteiger partial charge in [0, 0.05) is 24.7 Å². The van der Waals surface area contributed by atoms with Crippen molar-refractivity contribution in [3.63, 3.8) is 0 Å². The van der Waals surface area contributed by atoms with E-state index in [1.807, 2.05) is 26.0 Å². The Kier molecular flexibility index (Phi) is 15.2. The average Bonchev–Trinajstić information content (AvgIpc) is 3.57. The zero-order valence-corrected chi connectivity index (χ0v) is 36.1. The van der Waals surface area contributed by atoms with Crippen LogP contribution in [0.5, 0.6) is 11.5 Å². The second-order valence-electron chi connectivity index (χ2n) is 17.8. The summed E-state index contributed by atoms with van der Waals surface area (Å²) in [7, 11) is 0. The molecule has 3 aliphatic rings. The molecule has 336 valence electrons. The van der Waals surface area contributed by atoms with Gasteiger partial charge in [-0.2, -0.15) is 0 Å². The van der Waals surface area contributed by atoms with Gasteiger partial charge in [0.2, 0.25) is 23.6 Å². The van der Waals surface area contributed by atoms with Crippen LogP contribution in [-0.2, 0) is 52.8 Å². The first kappa shape index (κ1) is 46.3. The molecular weight excluding hydrogens is 807 g/mol. The van der Waals surface area contributed by atoms with Crippen molar-refractivity contribution in [2.24, 2.45) is 23.2 Å². The highest BCUT2D eigenvalue weighted by Crippen LogP contribution is 2.59. The summed E-state index contributed by atoms with van der Waals surface area (Å²) in [5, 5.41) is 32.1. The van der Waals surface area contributed by atoms with Gasteiger partial charge < -0.3 is 41.5 Å². The first-order chi connectivity index (χ1) is 30.1. The number of ketones is 1. The van der Waals surface area contributed by atoms with Gasteiger partial charge in [-0.1, -0.05) is 69.3 Å². The zero-order valence-electron chi connectivity index (χ0n) is 36.1. The molecule has 15 nitrogen and oxygen atoms in total. The monoisotopic (exact) mass is 865 g/mol. The molecule has 7 atom stereocenters. The third-order valence-electron chi connectivity index (χ3n) is 12.9. The normalized spacial score (nSPS) is 21.3. The third-order valence-corrected chi connectivity index (χ3v) is 12.9. The van der Waals surface area contributed by atoms with Crippen molar-refractivity contribution in [2.75, 3.05) is 19.7 Å². The number of aromatic hydroxyl groups is 1. The van der Waals surface area contributed by atoms with E-state index in [0.29, 0.717) is 46.8 Å². The number of rotatable bonds is 19. The molecule has 3 aliphatic carbocycles. The number of carboxylic acid groups (broad SMARTS) is 1. The Hall–Kier alpha value is -6.25. The number of carbonyl (C=O) groups excluding carboxylic acids is 6. The maximum absolute atomic E-state index is 13.5. The highest BCUT2D eigenvalue weighted by atomic mass is 16.5. The third kappa shape index (κ3) is 12.0. The molecule has 0 saturated heterocycles. The molecule has 2 fully saturated rings. The zero-order chi connectivity index (χ0) is 45.3. The number of hydrogen-bond donors (Lipinski definition) is 7. The smallest absolute Gasteiger partial charge is 0.326 e. The lowest BCUT2D eigenvalue weighted by Gasteiger charge is -2.48. The molecule has 2 saturated carbocycles. The number of carboxylic acids is 1. The SMILES string of the molecule is CC(C)C[C@@H](NC(=O)[C@@H](Cc1ccccc1)NC(=O)CNC(=O)CNC(=O)[C@@H](Cc1ccc(O)cc1)NC(=O)COc1ccc2c(c1)CC[C@@H]1[C@@H]2CC[C@]2(C)C(=O)CC[C@@H]12)C(=O)O. The van der Waals surface area contributed by atoms with Gasteiger partial charge in [-0.25, -0.2) is 4.79 Å². The molecule has 6 rings (SSSR count). The van der Waals surface area contributed by atoms with Crippen molar-refractivity contribution < 1.29 is 48.5 Å². The second kappa shape index (κ2) is 20.7. The van der Waals surface area contributed by atoms with E-state index in [0.717, 1.165) is 32.1 Å². The Bertz CT molecular complexity index is 2160. The fraction of sp³-hybridized carbons (Fsp3) is 0.479. The van der Waals surface area contributed by atoms with Crippen molar-refractivity contribution in [3.8, 4) is 11.5 Å². The van der Waals surface area contributed by atoms with Gasteiger partial charge in [-0.15, -0.1) is 0 Å². The lowest BCUT2D eigenvalue weighted by Crippen LogP contribution is -2.54. The molecule has 0 radical (unpaired) electrons. The molecular formula is C48H59N5O10. The van der Waals surface area contributed by atoms with Gasteiger partial charge in [-0.3, -0.25) is 28.8 Å². The van der Waals surface area contributed by atoms with Crippen LogP contribution in [-0.4, -0.2) is 89.3 Å². The Balaban J connectivity index is 1.01. The summed E-state index contributed by atoms with van der Waals surface area (Å²) < 4.78 is 5.91. The van der Waals surface area contributed by atoms with Gasteiger partial charge in [0.1, 0.15) is 35.4 Å². The summed E-state index contributed by atoms with van der Waals surface area (Å²) >= 11 is 0. The van der Waals surface area contributed by atoms with E-state index in [1.165, 1.54) is 23.3 Å². The summed E-state index contributed by atoms with van der Waals surface area (Å²) in [6, 6.07) is 17.5. The van der Waals surface area contributed by atoms with Crippen molar-refractivity contribution in [1.29, 1.82) is 0 Å². The van der Waals surface area contributed by atoms with E-state index >= 15 is 0 Å². The van der Waals surface area contributed by atoms with E-state index in [9.17, 15) is 43.8 Å². The maximum Gasteiger partial charge on any atom is 0.326 e. The van der Waals surface area contributed by atoms with Gasteiger partial charge >= 0.3 is 5.97 Å². The summed E-state index contributed by atoms with van der Waals surface area (Å²) in [6.07, 6.45) is 5.69. The molecule has 0 unspecified atom stereocenters. The van der Waals surface area contributed by atoms with Gasteiger partial charge in [-0.05, 0) is 109 Å².